The van der Waals surface area contributed by atoms with E-state index in [2.05, 4.69) is 24.1 Å². The number of nitrogens with zero attached hydrogens (tertiary/aromatic N) is 1. The number of Topliss-reactive ketones (excluding diaryl/α,β-unsaturated/α-hetero) is 1. The minimum atomic E-state index is -1.33. The Morgan fingerprint density at radius 3 is 2.73 bits per heavy atom. The number of ketones is 2. The number of nitrogens with one attached hydrogen (secondary N) is 1. The van der Waals surface area contributed by atoms with Crippen molar-refractivity contribution in [3.8, 4) is 0 Å². The lowest BCUT2D eigenvalue weighted by molar-refractivity contribution is -0.210. The van der Waals surface area contributed by atoms with Crippen molar-refractivity contribution in [2.75, 3.05) is 13.2 Å². The zero-order valence-corrected chi connectivity index (χ0v) is 28.0. The smallest absolute Gasteiger partial charge is 0.306 e. The fraction of sp³-hybridized carbons (Fsp3) is 0.658. The van der Waals surface area contributed by atoms with Gasteiger partial charge in [-0.05, 0) is 81.1 Å². The first-order valence-electron chi connectivity index (χ1n) is 17.9. The quantitative estimate of drug-likeness (QED) is 0.286. The molecule has 6 aliphatic rings. The van der Waals surface area contributed by atoms with Crippen LogP contribution in [0.25, 0.3) is 0 Å². The number of ether oxygens (including phenoxy) is 3. The average Bonchev–Trinajstić information content (AvgIpc) is 3.59. The molecular weight excluding hydrogens is 612 g/mol. The highest BCUT2D eigenvalue weighted by Gasteiger charge is 2.76. The normalized spacial score (nSPS) is 38.6. The van der Waals surface area contributed by atoms with Crippen molar-refractivity contribution in [1.29, 1.82) is 0 Å². The van der Waals surface area contributed by atoms with E-state index in [9.17, 15) is 24.3 Å². The van der Waals surface area contributed by atoms with Crippen LogP contribution in [0, 0.1) is 34.5 Å². The number of rotatable bonds is 9. The summed E-state index contributed by atoms with van der Waals surface area (Å²) in [5.41, 5.74) is -0.966. The van der Waals surface area contributed by atoms with Gasteiger partial charge in [-0.1, -0.05) is 44.8 Å². The monoisotopic (exact) mass is 660 g/mol. The Hall–Kier alpha value is -3.21. The number of amides is 1. The number of allylic oxidation sites excluding steroid dienone is 4. The molecule has 1 saturated heterocycles. The Morgan fingerprint density at radius 2 is 1.96 bits per heavy atom. The van der Waals surface area contributed by atoms with Gasteiger partial charge >= 0.3 is 5.97 Å². The molecule has 2 heterocycles. The number of hydrogen-bond donors (Lipinski definition) is 2. The molecule has 258 valence electrons. The number of fused-ring (bicyclic) bond motifs is 7. The van der Waals surface area contributed by atoms with Crippen molar-refractivity contribution in [2.45, 2.75) is 109 Å². The Bertz CT molecular complexity index is 1500. The molecule has 48 heavy (non-hydrogen) atoms. The zero-order chi connectivity index (χ0) is 33.7. The Kier molecular flexibility index (Phi) is 8.96. The molecule has 9 atom stereocenters. The maximum atomic E-state index is 14.5. The van der Waals surface area contributed by atoms with Crippen molar-refractivity contribution in [1.82, 2.24) is 10.3 Å². The summed E-state index contributed by atoms with van der Waals surface area (Å²) in [4.78, 5) is 55.8. The van der Waals surface area contributed by atoms with Crippen LogP contribution in [-0.4, -0.2) is 70.8 Å². The van der Waals surface area contributed by atoms with Crippen LogP contribution in [-0.2, 0) is 28.6 Å². The highest BCUT2D eigenvalue weighted by molar-refractivity contribution is 6.01. The van der Waals surface area contributed by atoms with Gasteiger partial charge in [0.15, 0.2) is 24.3 Å². The third-order valence-electron chi connectivity index (χ3n) is 12.8. The van der Waals surface area contributed by atoms with Gasteiger partial charge in [0.1, 0.15) is 0 Å². The average molecular weight is 661 g/mol. The minimum Gasteiger partial charge on any atom is -0.458 e. The second-order valence-electron chi connectivity index (χ2n) is 15.4. The highest BCUT2D eigenvalue weighted by atomic mass is 16.7. The van der Waals surface area contributed by atoms with Gasteiger partial charge in [-0.15, -0.1) is 0 Å². The van der Waals surface area contributed by atoms with Crippen molar-refractivity contribution < 1.29 is 38.5 Å². The van der Waals surface area contributed by atoms with Crippen LogP contribution < -0.4 is 5.32 Å². The summed E-state index contributed by atoms with van der Waals surface area (Å²) >= 11 is 0. The van der Waals surface area contributed by atoms with E-state index in [4.69, 9.17) is 14.2 Å². The van der Waals surface area contributed by atoms with Gasteiger partial charge in [0.2, 0.25) is 5.78 Å². The predicted octanol–water partition coefficient (Wildman–Crippen LogP) is 4.65. The topological polar surface area (TPSA) is 141 Å². The lowest BCUT2D eigenvalue weighted by Crippen LogP contribution is -2.63. The number of pyridine rings is 1. The Balaban J connectivity index is 1.07. The first kappa shape index (κ1) is 33.3. The van der Waals surface area contributed by atoms with E-state index in [0.717, 1.165) is 44.1 Å². The van der Waals surface area contributed by atoms with Crippen LogP contribution in [0.3, 0.4) is 0 Å². The van der Waals surface area contributed by atoms with Crippen molar-refractivity contribution >= 4 is 23.4 Å². The summed E-state index contributed by atoms with van der Waals surface area (Å²) < 4.78 is 19.2. The molecule has 4 saturated carbocycles. The van der Waals surface area contributed by atoms with Crippen LogP contribution in [0.5, 0.6) is 0 Å². The molecule has 10 heteroatoms. The molecule has 0 spiro atoms. The molecule has 1 aromatic rings. The fourth-order valence-electron chi connectivity index (χ4n) is 10.6. The largest absolute Gasteiger partial charge is 0.458 e. The van der Waals surface area contributed by atoms with E-state index >= 15 is 0 Å². The number of carbonyl (C=O) groups is 4. The van der Waals surface area contributed by atoms with E-state index in [1.165, 1.54) is 12.6 Å². The van der Waals surface area contributed by atoms with Crippen LogP contribution in [0.4, 0.5) is 0 Å². The van der Waals surface area contributed by atoms with Crippen molar-refractivity contribution in [2.24, 2.45) is 34.5 Å². The number of aromatic nitrogens is 1. The van der Waals surface area contributed by atoms with E-state index in [1.807, 2.05) is 6.08 Å². The Morgan fingerprint density at radius 1 is 1.15 bits per heavy atom. The summed E-state index contributed by atoms with van der Waals surface area (Å²) in [6.07, 6.45) is 15.1. The van der Waals surface area contributed by atoms with Gasteiger partial charge in [-0.2, -0.15) is 0 Å². The summed E-state index contributed by atoms with van der Waals surface area (Å²) in [5, 5.41) is 14.8. The molecule has 2 N–H and O–H groups in total. The van der Waals surface area contributed by atoms with Crippen LogP contribution in [0.2, 0.25) is 0 Å². The Labute approximate surface area is 282 Å². The maximum Gasteiger partial charge on any atom is 0.306 e. The molecule has 5 fully saturated rings. The van der Waals surface area contributed by atoms with Crippen LogP contribution in [0.1, 0.15) is 94.8 Å². The standard InChI is InChI=1S/C38H48N2O8/c1-36-15-14-26(41)18-25(36)12-13-27-28-19-31-38(37(28,2)20-29(42)33(27)36,48-35(47-31)23-8-4-3-5-9-23)30(43)22-46-32(44)11-7-17-40-34(45)24-10-6-16-39-21-24/h6,10,14-16,18,21,23,27-29,31,33,35,42H,3-5,7-9,11-13,17,19-20,22H2,1-2H3,(H,40,45)/t27?,28?,29-,31-,33?,35+,36-,37-,38+/m0/s1. The lowest BCUT2D eigenvalue weighted by Gasteiger charge is -2.59. The number of esters is 1. The van der Waals surface area contributed by atoms with Gasteiger partial charge in [-0.25, -0.2) is 0 Å². The summed E-state index contributed by atoms with van der Waals surface area (Å²) in [6.45, 7) is 4.07. The second kappa shape index (κ2) is 12.9. The first-order valence-corrected chi connectivity index (χ1v) is 17.9. The number of aliphatic hydroxyl groups is 1. The summed E-state index contributed by atoms with van der Waals surface area (Å²) in [5.74, 6) is -0.813. The van der Waals surface area contributed by atoms with E-state index in [-0.39, 0.29) is 54.1 Å². The maximum absolute atomic E-state index is 14.5. The third-order valence-corrected chi connectivity index (χ3v) is 12.8. The fourth-order valence-corrected chi connectivity index (χ4v) is 10.6. The van der Waals surface area contributed by atoms with Crippen molar-refractivity contribution in [3.63, 3.8) is 0 Å². The van der Waals surface area contributed by atoms with E-state index in [0.29, 0.717) is 24.8 Å². The molecule has 7 rings (SSSR count). The lowest BCUT2D eigenvalue weighted by atomic mass is 9.46. The molecule has 1 amide bonds. The molecule has 1 aromatic heterocycles. The van der Waals surface area contributed by atoms with Crippen LogP contribution in [0.15, 0.2) is 48.3 Å². The van der Waals surface area contributed by atoms with E-state index in [1.54, 1.807) is 30.5 Å². The molecule has 0 radical (unpaired) electrons. The summed E-state index contributed by atoms with van der Waals surface area (Å²) in [7, 11) is 0. The first-order chi connectivity index (χ1) is 23.1. The van der Waals surface area contributed by atoms with Gasteiger partial charge in [-0.3, -0.25) is 24.2 Å². The van der Waals surface area contributed by atoms with Gasteiger partial charge in [0, 0.05) is 48.0 Å². The number of carbonyl (C=O) groups excluding carboxylic acids is 4. The molecule has 3 unspecified atom stereocenters. The highest BCUT2D eigenvalue weighted by Crippen LogP contribution is 2.70. The van der Waals surface area contributed by atoms with Crippen LogP contribution >= 0.6 is 0 Å². The summed E-state index contributed by atoms with van der Waals surface area (Å²) in [6, 6.07) is 3.35. The van der Waals surface area contributed by atoms with Gasteiger partial charge in [0.25, 0.3) is 5.91 Å². The molecule has 0 bridgehead atoms. The predicted molar refractivity (Wildman–Crippen MR) is 174 cm³/mol. The molecule has 0 aromatic carbocycles. The van der Waals surface area contributed by atoms with Gasteiger partial charge in [0.05, 0.1) is 17.8 Å². The van der Waals surface area contributed by atoms with E-state index < -0.39 is 47.5 Å². The third kappa shape index (κ3) is 5.48. The number of hydrogen-bond acceptors (Lipinski definition) is 9. The van der Waals surface area contributed by atoms with Crippen molar-refractivity contribution in [3.05, 3.63) is 53.9 Å². The second-order valence-corrected chi connectivity index (χ2v) is 15.4. The SMILES string of the molecule is C[C@]12C=CC(=O)C=C1CCC1C2[C@@H](O)C[C@@]2(C)C1C[C@@H]1O[C@@H](C3CCCCC3)O[C@]12C(=O)COC(=O)CCCNC(=O)c1cccnc1. The zero-order valence-electron chi connectivity index (χ0n) is 28.0. The molecular formula is C38H48N2O8. The van der Waals surface area contributed by atoms with Gasteiger partial charge < -0.3 is 24.6 Å². The molecule has 5 aliphatic carbocycles. The molecule has 10 nitrogen and oxygen atoms in total. The molecule has 1 aliphatic heterocycles. The number of aliphatic hydroxyl groups excluding tert-OH is 1. The minimum absolute atomic E-state index is 0.00407.